The fourth-order valence-electron chi connectivity index (χ4n) is 1.48. The molecule has 0 aliphatic carbocycles. The molecule has 0 aliphatic rings. The van der Waals surface area contributed by atoms with Gasteiger partial charge >= 0.3 is 0 Å². The van der Waals surface area contributed by atoms with Crippen LogP contribution in [0.25, 0.3) is 0 Å². The van der Waals surface area contributed by atoms with Crippen molar-refractivity contribution in [2.24, 2.45) is 0 Å². The highest BCUT2D eigenvalue weighted by Crippen LogP contribution is 2.11. The average molecular weight is 217 g/mol. The number of carbonyl (C=O) groups is 1. The van der Waals surface area contributed by atoms with Crippen LogP contribution >= 0.6 is 11.9 Å². The maximum absolute atomic E-state index is 10.2. The molecular formula is C11H23NOS. The van der Waals surface area contributed by atoms with Crippen molar-refractivity contribution in [1.29, 1.82) is 0 Å². The van der Waals surface area contributed by atoms with Gasteiger partial charge in [0.2, 0.25) is 0 Å². The maximum atomic E-state index is 10.2. The number of nitrogens with one attached hydrogen (secondary N) is 1. The molecule has 1 N–H and O–H groups in total. The molecule has 0 amide bonds. The van der Waals surface area contributed by atoms with Gasteiger partial charge in [-0.3, -0.25) is 9.52 Å². The monoisotopic (exact) mass is 217 g/mol. The molecule has 0 radical (unpaired) electrons. The van der Waals surface area contributed by atoms with Crippen molar-refractivity contribution in [1.82, 2.24) is 4.72 Å². The molecule has 14 heavy (non-hydrogen) atoms. The summed E-state index contributed by atoms with van der Waals surface area (Å²) in [6, 6.07) is 0.525. The Bertz CT molecular complexity index is 130. The number of hydrogen-bond donors (Lipinski definition) is 1. The normalized spacial score (nSPS) is 12.7. The van der Waals surface area contributed by atoms with Gasteiger partial charge in [0.05, 0.1) is 0 Å². The highest BCUT2D eigenvalue weighted by Gasteiger charge is 2.06. The fourth-order valence-corrected chi connectivity index (χ4v) is 1.96. The van der Waals surface area contributed by atoms with Gasteiger partial charge in [-0.05, 0) is 24.8 Å². The third kappa shape index (κ3) is 8.57. The van der Waals surface area contributed by atoms with Gasteiger partial charge in [-0.1, -0.05) is 46.0 Å². The lowest BCUT2D eigenvalue weighted by molar-refractivity contribution is 0.488. The lowest BCUT2D eigenvalue weighted by atomic mass is 10.0. The van der Waals surface area contributed by atoms with Crippen molar-refractivity contribution < 1.29 is 4.79 Å². The third-order valence-electron chi connectivity index (χ3n) is 2.35. The van der Waals surface area contributed by atoms with Crippen LogP contribution in [0.3, 0.4) is 0 Å². The van der Waals surface area contributed by atoms with Gasteiger partial charge in [0.15, 0.2) is 5.62 Å². The van der Waals surface area contributed by atoms with Crippen LogP contribution in [0.1, 0.15) is 58.8 Å². The molecule has 2 nitrogen and oxygen atoms in total. The molecule has 0 aromatic heterocycles. The minimum atomic E-state index is 0.525. The van der Waals surface area contributed by atoms with Crippen LogP contribution in [0.2, 0.25) is 0 Å². The second-order valence-corrected chi connectivity index (χ2v) is 4.33. The Morgan fingerprint density at radius 1 is 1.14 bits per heavy atom. The van der Waals surface area contributed by atoms with Crippen molar-refractivity contribution in [2.45, 2.75) is 64.8 Å². The standard InChI is InChI=1S/C11H23NOS/c1-3-5-7-9-11(8-6-4-2)12-14-10-13/h10-12H,3-9H2,1-2H3. The van der Waals surface area contributed by atoms with Crippen molar-refractivity contribution in [3.05, 3.63) is 0 Å². The summed E-state index contributed by atoms with van der Waals surface area (Å²) >= 11 is 1.19. The Hall–Kier alpha value is -0.0200. The van der Waals surface area contributed by atoms with Crippen molar-refractivity contribution in [2.75, 3.05) is 0 Å². The van der Waals surface area contributed by atoms with Crippen LogP contribution in [-0.2, 0) is 4.79 Å². The van der Waals surface area contributed by atoms with Crippen molar-refractivity contribution in [3.8, 4) is 0 Å². The highest BCUT2D eigenvalue weighted by molar-refractivity contribution is 8.10. The molecule has 84 valence electrons. The lowest BCUT2D eigenvalue weighted by Gasteiger charge is -2.15. The zero-order valence-corrected chi connectivity index (χ0v) is 10.2. The zero-order chi connectivity index (χ0) is 10.6. The highest BCUT2D eigenvalue weighted by atomic mass is 32.2. The summed E-state index contributed by atoms with van der Waals surface area (Å²) in [6.45, 7) is 4.42. The molecule has 0 rings (SSSR count). The smallest absolute Gasteiger partial charge is 0.191 e. The Morgan fingerprint density at radius 2 is 1.79 bits per heavy atom. The topological polar surface area (TPSA) is 29.1 Å². The SMILES string of the molecule is CCCCCC(CCCC)NSC=O. The molecule has 3 heteroatoms. The summed E-state index contributed by atoms with van der Waals surface area (Å²) < 4.78 is 3.21. The van der Waals surface area contributed by atoms with Gasteiger partial charge in [-0.25, -0.2) is 0 Å². The summed E-state index contributed by atoms with van der Waals surface area (Å²) in [7, 11) is 0. The molecule has 0 saturated heterocycles. The molecular weight excluding hydrogens is 194 g/mol. The van der Waals surface area contributed by atoms with Crippen LogP contribution in [0, 0.1) is 0 Å². The minimum Gasteiger partial charge on any atom is -0.290 e. The predicted molar refractivity (Wildman–Crippen MR) is 64.9 cm³/mol. The molecule has 0 heterocycles. The predicted octanol–water partition coefficient (Wildman–Crippen LogP) is 3.55. The van der Waals surface area contributed by atoms with Crippen LogP contribution in [0.5, 0.6) is 0 Å². The second kappa shape index (κ2) is 11.1. The molecule has 0 bridgehead atoms. The Morgan fingerprint density at radius 3 is 2.36 bits per heavy atom. The number of carbonyl (C=O) groups excluding carboxylic acids is 1. The van der Waals surface area contributed by atoms with E-state index in [1.54, 1.807) is 0 Å². The molecule has 0 fully saturated rings. The molecule has 1 unspecified atom stereocenters. The Kier molecular flexibility index (Phi) is 11.0. The van der Waals surface area contributed by atoms with Crippen molar-refractivity contribution >= 4 is 17.6 Å². The van der Waals surface area contributed by atoms with E-state index in [9.17, 15) is 4.79 Å². The van der Waals surface area contributed by atoms with Gasteiger partial charge in [-0.2, -0.15) is 0 Å². The Labute approximate surface area is 92.4 Å². The average Bonchev–Trinajstić information content (AvgIpc) is 2.21. The number of unbranched alkanes of at least 4 members (excludes halogenated alkanes) is 3. The first-order valence-electron chi connectivity index (χ1n) is 5.69. The summed E-state index contributed by atoms with van der Waals surface area (Å²) in [4.78, 5) is 10.2. The summed E-state index contributed by atoms with van der Waals surface area (Å²) in [5, 5.41) is 0. The quantitative estimate of drug-likeness (QED) is 0.345. The molecule has 0 aromatic rings. The van der Waals surface area contributed by atoms with E-state index in [4.69, 9.17) is 0 Å². The van der Waals surface area contributed by atoms with E-state index in [1.807, 2.05) is 0 Å². The van der Waals surface area contributed by atoms with Gasteiger partial charge in [-0.15, -0.1) is 0 Å². The van der Waals surface area contributed by atoms with Gasteiger partial charge in [0.25, 0.3) is 0 Å². The van der Waals surface area contributed by atoms with Gasteiger partial charge in [0.1, 0.15) is 0 Å². The first kappa shape index (κ1) is 14.0. The van der Waals surface area contributed by atoms with E-state index in [0.29, 0.717) is 6.04 Å². The number of rotatable bonds is 10. The van der Waals surface area contributed by atoms with Crippen LogP contribution < -0.4 is 4.72 Å². The summed E-state index contributed by atoms with van der Waals surface area (Å²) in [5.74, 6) is 0. The van der Waals surface area contributed by atoms with Crippen LogP contribution in [0.4, 0.5) is 0 Å². The van der Waals surface area contributed by atoms with Crippen LogP contribution in [-0.4, -0.2) is 11.7 Å². The molecule has 0 saturated carbocycles. The second-order valence-electron chi connectivity index (χ2n) is 3.67. The van der Waals surface area contributed by atoms with Crippen LogP contribution in [0.15, 0.2) is 0 Å². The van der Waals surface area contributed by atoms with Gasteiger partial charge in [0, 0.05) is 6.04 Å². The molecule has 0 aromatic carbocycles. The van der Waals surface area contributed by atoms with E-state index in [0.717, 1.165) is 5.62 Å². The fraction of sp³-hybridized carbons (Fsp3) is 0.909. The summed E-state index contributed by atoms with van der Waals surface area (Å²) in [5.41, 5.74) is 0.874. The molecule has 0 aliphatic heterocycles. The Balaban J connectivity index is 3.54. The molecule has 1 atom stereocenters. The first-order chi connectivity index (χ1) is 6.85. The molecule has 0 spiro atoms. The summed E-state index contributed by atoms with van der Waals surface area (Å²) in [6.07, 6.45) is 8.73. The maximum Gasteiger partial charge on any atom is 0.191 e. The van der Waals surface area contributed by atoms with E-state index in [-0.39, 0.29) is 0 Å². The minimum absolute atomic E-state index is 0.525. The van der Waals surface area contributed by atoms with Gasteiger partial charge < -0.3 is 0 Å². The lowest BCUT2D eigenvalue weighted by Crippen LogP contribution is -2.22. The first-order valence-corrected chi connectivity index (χ1v) is 6.57. The van der Waals surface area contributed by atoms with E-state index < -0.39 is 0 Å². The zero-order valence-electron chi connectivity index (χ0n) is 9.42. The van der Waals surface area contributed by atoms with E-state index >= 15 is 0 Å². The largest absolute Gasteiger partial charge is 0.290 e. The third-order valence-corrected chi connectivity index (χ3v) is 2.91. The number of hydrogen-bond acceptors (Lipinski definition) is 3. The van der Waals surface area contributed by atoms with E-state index in [2.05, 4.69) is 18.6 Å². The van der Waals surface area contributed by atoms with E-state index in [1.165, 1.54) is 56.9 Å². The van der Waals surface area contributed by atoms with Crippen molar-refractivity contribution in [3.63, 3.8) is 0 Å².